The second-order valence-electron chi connectivity index (χ2n) is 6.35. The van der Waals surface area contributed by atoms with Crippen LogP contribution in [-0.2, 0) is 14.4 Å². The lowest BCUT2D eigenvalue weighted by Crippen LogP contribution is -2.31. The molecule has 2 aromatic rings. The van der Waals surface area contributed by atoms with E-state index in [0.717, 1.165) is 4.90 Å². The standard InChI is InChI=1S/C20H16N2O7/c23-15(24)10-11-21-17(12-6-8-14(9-7-12)22(28)29)16(19(26)20(21)27)18(25)13-4-2-1-3-5-13/h1-9,17,25H,10-11H2,(H,23,24)/b18-16+/t17-/m0/s1. The number of hydrogen-bond acceptors (Lipinski definition) is 6. The lowest BCUT2D eigenvalue weighted by atomic mass is 9.95. The van der Waals surface area contributed by atoms with Gasteiger partial charge in [-0.25, -0.2) is 0 Å². The smallest absolute Gasteiger partial charge is 0.305 e. The molecule has 0 saturated carbocycles. The highest BCUT2D eigenvalue weighted by Crippen LogP contribution is 2.39. The van der Waals surface area contributed by atoms with Gasteiger partial charge in [0.1, 0.15) is 5.76 Å². The number of aliphatic carboxylic acids is 1. The fourth-order valence-corrected chi connectivity index (χ4v) is 3.20. The Bertz CT molecular complexity index is 1010. The molecule has 1 amide bonds. The molecule has 0 bridgehead atoms. The van der Waals surface area contributed by atoms with Gasteiger partial charge in [-0.1, -0.05) is 30.3 Å². The van der Waals surface area contributed by atoms with Crippen molar-refractivity contribution < 1.29 is 29.5 Å². The normalized spacial score (nSPS) is 18.1. The summed E-state index contributed by atoms with van der Waals surface area (Å²) in [4.78, 5) is 47.6. The molecule has 0 spiro atoms. The Morgan fingerprint density at radius 3 is 2.21 bits per heavy atom. The number of benzene rings is 2. The van der Waals surface area contributed by atoms with E-state index >= 15 is 0 Å². The number of carbonyl (C=O) groups is 3. The molecule has 1 aliphatic heterocycles. The number of rotatable bonds is 6. The molecule has 2 aromatic carbocycles. The van der Waals surface area contributed by atoms with E-state index < -0.39 is 40.8 Å². The predicted octanol–water partition coefficient (Wildman–Crippen LogP) is 2.49. The van der Waals surface area contributed by atoms with Crippen molar-refractivity contribution in [2.75, 3.05) is 6.54 Å². The van der Waals surface area contributed by atoms with Gasteiger partial charge in [-0.15, -0.1) is 0 Å². The van der Waals surface area contributed by atoms with Gasteiger partial charge in [0.25, 0.3) is 17.4 Å². The van der Waals surface area contributed by atoms with Crippen molar-refractivity contribution in [3.63, 3.8) is 0 Å². The summed E-state index contributed by atoms with van der Waals surface area (Å²) in [6.07, 6.45) is -0.401. The first-order valence-electron chi connectivity index (χ1n) is 8.61. The van der Waals surface area contributed by atoms with Crippen LogP contribution >= 0.6 is 0 Å². The summed E-state index contributed by atoms with van der Waals surface area (Å²) in [5.74, 6) is -3.44. The fourth-order valence-electron chi connectivity index (χ4n) is 3.20. The number of amides is 1. The van der Waals surface area contributed by atoms with Gasteiger partial charge < -0.3 is 15.1 Å². The molecule has 1 fully saturated rings. The van der Waals surface area contributed by atoms with Gasteiger partial charge in [-0.2, -0.15) is 0 Å². The largest absolute Gasteiger partial charge is 0.507 e. The van der Waals surface area contributed by atoms with E-state index in [2.05, 4.69) is 0 Å². The van der Waals surface area contributed by atoms with Crippen LogP contribution in [0.5, 0.6) is 0 Å². The van der Waals surface area contributed by atoms with Crippen LogP contribution in [-0.4, -0.2) is 44.2 Å². The first kappa shape index (κ1) is 19.7. The van der Waals surface area contributed by atoms with Crippen LogP contribution in [0.3, 0.4) is 0 Å². The monoisotopic (exact) mass is 396 g/mol. The molecule has 148 valence electrons. The number of ketones is 1. The van der Waals surface area contributed by atoms with Gasteiger partial charge in [-0.05, 0) is 17.7 Å². The molecule has 3 rings (SSSR count). The van der Waals surface area contributed by atoms with Gasteiger partial charge in [0.15, 0.2) is 0 Å². The zero-order valence-electron chi connectivity index (χ0n) is 15.0. The molecule has 29 heavy (non-hydrogen) atoms. The van der Waals surface area contributed by atoms with E-state index in [1.54, 1.807) is 30.3 Å². The number of Topliss-reactive ketones (excluding diaryl/α,β-unsaturated/α-hetero) is 1. The average Bonchev–Trinajstić information content (AvgIpc) is 2.97. The topological polar surface area (TPSA) is 138 Å². The maximum absolute atomic E-state index is 12.7. The van der Waals surface area contributed by atoms with Crippen molar-refractivity contribution in [3.8, 4) is 0 Å². The number of nitro groups is 1. The number of aliphatic hydroxyl groups is 1. The summed E-state index contributed by atoms with van der Waals surface area (Å²) < 4.78 is 0. The molecule has 9 heteroatoms. The van der Waals surface area contributed by atoms with Crippen molar-refractivity contribution in [1.82, 2.24) is 4.90 Å². The number of carboxylic acids is 1. The Hall–Kier alpha value is -4.01. The highest BCUT2D eigenvalue weighted by atomic mass is 16.6. The molecule has 2 N–H and O–H groups in total. The Balaban J connectivity index is 2.14. The summed E-state index contributed by atoms with van der Waals surface area (Å²) in [6, 6.07) is 12.3. The van der Waals surface area contributed by atoms with Crippen LogP contribution in [0, 0.1) is 10.1 Å². The Kier molecular flexibility index (Phi) is 5.40. The maximum Gasteiger partial charge on any atom is 0.305 e. The molecule has 9 nitrogen and oxygen atoms in total. The third kappa shape index (κ3) is 3.84. The highest BCUT2D eigenvalue weighted by molar-refractivity contribution is 6.46. The number of nitro benzene ring substituents is 1. The first-order chi connectivity index (χ1) is 13.8. The summed E-state index contributed by atoms with van der Waals surface area (Å²) in [5.41, 5.74) is 0.285. The molecular formula is C20H16N2O7. The van der Waals surface area contributed by atoms with Gasteiger partial charge in [0.05, 0.1) is 23.0 Å². The molecule has 0 aliphatic carbocycles. The van der Waals surface area contributed by atoms with Crippen LogP contribution < -0.4 is 0 Å². The van der Waals surface area contributed by atoms with E-state index in [1.165, 1.54) is 24.3 Å². The van der Waals surface area contributed by atoms with Gasteiger partial charge in [-0.3, -0.25) is 24.5 Å². The van der Waals surface area contributed by atoms with Crippen LogP contribution in [0.25, 0.3) is 5.76 Å². The third-order valence-electron chi connectivity index (χ3n) is 4.57. The van der Waals surface area contributed by atoms with Crippen molar-refractivity contribution in [2.45, 2.75) is 12.5 Å². The number of carbonyl (C=O) groups excluding carboxylic acids is 2. The zero-order chi connectivity index (χ0) is 21.1. The SMILES string of the molecule is O=C(O)CCN1C(=O)C(=O)/C(=C(/O)c2ccccc2)[C@@H]1c1ccc([N+](=O)[O-])cc1. The van der Waals surface area contributed by atoms with E-state index in [9.17, 15) is 29.6 Å². The summed E-state index contributed by atoms with van der Waals surface area (Å²) in [5, 5.41) is 30.6. The van der Waals surface area contributed by atoms with Gasteiger partial charge in [0, 0.05) is 24.2 Å². The molecule has 1 atom stereocenters. The van der Waals surface area contributed by atoms with Crippen molar-refractivity contribution >= 4 is 29.1 Å². The lowest BCUT2D eigenvalue weighted by molar-refractivity contribution is -0.384. The maximum atomic E-state index is 12.7. The zero-order valence-corrected chi connectivity index (χ0v) is 15.0. The number of carboxylic acid groups (broad SMARTS) is 1. The third-order valence-corrected chi connectivity index (χ3v) is 4.57. The van der Waals surface area contributed by atoms with E-state index in [4.69, 9.17) is 5.11 Å². The number of nitrogens with zero attached hydrogens (tertiary/aromatic N) is 2. The molecule has 1 saturated heterocycles. The summed E-state index contributed by atoms with van der Waals surface area (Å²) in [6.45, 7) is -0.257. The highest BCUT2D eigenvalue weighted by Gasteiger charge is 2.46. The second-order valence-corrected chi connectivity index (χ2v) is 6.35. The summed E-state index contributed by atoms with van der Waals surface area (Å²) in [7, 11) is 0. The quantitative estimate of drug-likeness (QED) is 0.251. The van der Waals surface area contributed by atoms with Gasteiger partial charge >= 0.3 is 5.97 Å². The van der Waals surface area contributed by atoms with E-state index in [0.29, 0.717) is 11.1 Å². The second kappa shape index (κ2) is 7.93. The molecule has 0 aromatic heterocycles. The van der Waals surface area contributed by atoms with Crippen molar-refractivity contribution in [1.29, 1.82) is 0 Å². The Morgan fingerprint density at radius 2 is 1.66 bits per heavy atom. The van der Waals surface area contributed by atoms with Crippen molar-refractivity contribution in [2.24, 2.45) is 0 Å². The molecule has 1 heterocycles. The van der Waals surface area contributed by atoms with Crippen LogP contribution in [0.2, 0.25) is 0 Å². The molecule has 0 radical (unpaired) electrons. The molecule has 1 aliphatic rings. The fraction of sp³-hybridized carbons (Fsp3) is 0.150. The van der Waals surface area contributed by atoms with Crippen LogP contribution in [0.1, 0.15) is 23.6 Å². The van der Waals surface area contributed by atoms with E-state index in [-0.39, 0.29) is 17.8 Å². The van der Waals surface area contributed by atoms with Crippen LogP contribution in [0.15, 0.2) is 60.2 Å². The minimum absolute atomic E-state index is 0.181. The van der Waals surface area contributed by atoms with E-state index in [1.807, 2.05) is 0 Å². The summed E-state index contributed by atoms with van der Waals surface area (Å²) >= 11 is 0. The van der Waals surface area contributed by atoms with Crippen molar-refractivity contribution in [3.05, 3.63) is 81.4 Å². The number of hydrogen-bond donors (Lipinski definition) is 2. The first-order valence-corrected chi connectivity index (χ1v) is 8.61. The number of non-ortho nitro benzene ring substituents is 1. The Labute approximate surface area is 164 Å². The van der Waals surface area contributed by atoms with Crippen LogP contribution in [0.4, 0.5) is 5.69 Å². The predicted molar refractivity (Wildman–Crippen MR) is 101 cm³/mol. The molecular weight excluding hydrogens is 380 g/mol. The average molecular weight is 396 g/mol. The number of likely N-dealkylation sites (tertiary alicyclic amines) is 1. The lowest BCUT2D eigenvalue weighted by Gasteiger charge is -2.24. The van der Waals surface area contributed by atoms with Gasteiger partial charge in [0.2, 0.25) is 0 Å². The minimum Gasteiger partial charge on any atom is -0.507 e. The number of aliphatic hydroxyl groups excluding tert-OH is 1. The minimum atomic E-state index is -1.16. The molecule has 0 unspecified atom stereocenters. The Morgan fingerprint density at radius 1 is 1.03 bits per heavy atom.